The summed E-state index contributed by atoms with van der Waals surface area (Å²) < 4.78 is 5.78. The third kappa shape index (κ3) is 2.50. The number of furan rings is 1. The summed E-state index contributed by atoms with van der Waals surface area (Å²) in [4.78, 5) is 25.8. The highest BCUT2D eigenvalue weighted by atomic mass is 35.5. The smallest absolute Gasteiger partial charge is 0.254 e. The average molecular weight is 427 g/mol. The van der Waals surface area contributed by atoms with Gasteiger partial charge in [-0.2, -0.15) is 10.1 Å². The van der Waals surface area contributed by atoms with Gasteiger partial charge in [0.05, 0.1) is 28.1 Å². The maximum Gasteiger partial charge on any atom is 0.254 e. The van der Waals surface area contributed by atoms with Crippen LogP contribution in [-0.2, 0) is 9.59 Å². The number of rotatable bonds is 3. The minimum Gasteiger partial charge on any atom is -0.455 e. The number of halogens is 2. The van der Waals surface area contributed by atoms with Crippen LogP contribution >= 0.6 is 23.2 Å². The maximum atomic E-state index is 12.9. The Balaban J connectivity index is 1.24. The molecule has 1 aliphatic heterocycles. The second-order valence-electron chi connectivity index (χ2n) is 8.22. The molecule has 5 aliphatic rings. The Morgan fingerprint density at radius 3 is 2.31 bits per heavy atom. The number of hydrogen-bond acceptors (Lipinski definition) is 4. The first-order valence-electron chi connectivity index (χ1n) is 9.68. The molecule has 2 aromatic rings. The fraction of sp³-hybridized carbons (Fsp3) is 0.318. The molecular formula is C22H16Cl2N2O3. The third-order valence-electron chi connectivity index (χ3n) is 6.77. The van der Waals surface area contributed by atoms with E-state index in [4.69, 9.17) is 27.6 Å². The molecule has 1 aromatic heterocycles. The Labute approximate surface area is 177 Å². The summed E-state index contributed by atoms with van der Waals surface area (Å²) in [5.41, 5.74) is 0.778. The SMILES string of the molecule is O=C1[C@H]2[C@@H]3C=C[C@H]([C@H]4C[C@H]34)[C@@H]2C(=O)N1/N=C\c1ccc(-c2ccc(Cl)c(Cl)c2)o1. The van der Waals surface area contributed by atoms with Gasteiger partial charge < -0.3 is 4.42 Å². The second kappa shape index (κ2) is 6.07. The van der Waals surface area contributed by atoms with Gasteiger partial charge in [-0.3, -0.25) is 9.59 Å². The molecule has 0 radical (unpaired) electrons. The van der Waals surface area contributed by atoms with Gasteiger partial charge in [0, 0.05) is 5.56 Å². The Hall–Kier alpha value is -2.37. The van der Waals surface area contributed by atoms with Crippen molar-refractivity contribution in [3.8, 4) is 11.3 Å². The summed E-state index contributed by atoms with van der Waals surface area (Å²) in [5, 5.41) is 6.15. The van der Waals surface area contributed by atoms with E-state index in [0.717, 1.165) is 17.0 Å². The van der Waals surface area contributed by atoms with Crippen molar-refractivity contribution in [3.63, 3.8) is 0 Å². The van der Waals surface area contributed by atoms with Crippen molar-refractivity contribution >= 4 is 41.2 Å². The monoisotopic (exact) mass is 426 g/mol. The summed E-state index contributed by atoms with van der Waals surface area (Å²) in [7, 11) is 0. The minimum absolute atomic E-state index is 0.183. The largest absolute Gasteiger partial charge is 0.455 e. The highest BCUT2D eigenvalue weighted by Crippen LogP contribution is 2.65. The summed E-state index contributed by atoms with van der Waals surface area (Å²) in [5.74, 6) is 1.72. The van der Waals surface area contributed by atoms with Crippen LogP contribution in [0.25, 0.3) is 11.3 Å². The number of amides is 2. The number of allylic oxidation sites excluding steroid dienone is 2. The molecule has 146 valence electrons. The fourth-order valence-electron chi connectivity index (χ4n) is 5.40. The molecule has 4 aliphatic carbocycles. The molecule has 2 heterocycles. The van der Waals surface area contributed by atoms with Gasteiger partial charge in [-0.25, -0.2) is 0 Å². The standard InChI is InChI=1S/C22H16Cl2N2O3/c23-16-5-1-10(7-17(16)24)18-6-2-11(29-18)9-25-26-21(27)19-12-3-4-13(15-8-14(12)15)20(19)22(26)28/h1-7,9,12-15,19-20H,8H2/b25-9-/t12-,13-,14-,15-,19+,20+/m1/s1. The van der Waals surface area contributed by atoms with Crippen LogP contribution < -0.4 is 0 Å². The zero-order chi connectivity index (χ0) is 19.9. The number of imide groups is 1. The van der Waals surface area contributed by atoms with Gasteiger partial charge in [-0.05, 0) is 60.4 Å². The lowest BCUT2D eigenvalue weighted by atomic mass is 9.63. The van der Waals surface area contributed by atoms with E-state index in [1.165, 1.54) is 6.21 Å². The number of benzene rings is 1. The van der Waals surface area contributed by atoms with Crippen molar-refractivity contribution in [1.29, 1.82) is 0 Å². The highest BCUT2D eigenvalue weighted by molar-refractivity contribution is 6.42. The van der Waals surface area contributed by atoms with Crippen molar-refractivity contribution < 1.29 is 14.0 Å². The van der Waals surface area contributed by atoms with Gasteiger partial charge in [0.15, 0.2) is 0 Å². The fourth-order valence-corrected chi connectivity index (χ4v) is 5.69. The lowest BCUT2D eigenvalue weighted by Gasteiger charge is -2.37. The molecule has 7 rings (SSSR count). The Bertz CT molecular complexity index is 1090. The molecule has 6 atom stereocenters. The Morgan fingerprint density at radius 2 is 1.66 bits per heavy atom. The first-order valence-corrected chi connectivity index (χ1v) is 10.4. The summed E-state index contributed by atoms with van der Waals surface area (Å²) in [6.45, 7) is 0. The van der Waals surface area contributed by atoms with Crippen molar-refractivity contribution in [2.24, 2.45) is 40.6 Å². The predicted molar refractivity (Wildman–Crippen MR) is 108 cm³/mol. The van der Waals surface area contributed by atoms with Crippen LogP contribution in [-0.4, -0.2) is 23.0 Å². The van der Waals surface area contributed by atoms with Crippen LogP contribution in [0.3, 0.4) is 0 Å². The minimum atomic E-state index is -0.248. The summed E-state index contributed by atoms with van der Waals surface area (Å²) in [6, 6.07) is 8.74. The molecule has 2 bridgehead atoms. The second-order valence-corrected chi connectivity index (χ2v) is 9.03. The lowest BCUT2D eigenvalue weighted by molar-refractivity contribution is -0.140. The number of hydrogen-bond donors (Lipinski definition) is 0. The molecule has 0 spiro atoms. The van der Waals surface area contributed by atoms with Crippen LogP contribution in [0.4, 0.5) is 0 Å². The quantitative estimate of drug-likeness (QED) is 0.407. The molecule has 3 fully saturated rings. The van der Waals surface area contributed by atoms with Crippen molar-refractivity contribution in [2.45, 2.75) is 6.42 Å². The molecular weight excluding hydrogens is 411 g/mol. The van der Waals surface area contributed by atoms with Crippen LogP contribution in [0.1, 0.15) is 12.2 Å². The number of hydrazone groups is 1. The third-order valence-corrected chi connectivity index (χ3v) is 7.51. The van der Waals surface area contributed by atoms with Crippen LogP contribution in [0.2, 0.25) is 10.0 Å². The molecule has 29 heavy (non-hydrogen) atoms. The summed E-state index contributed by atoms with van der Waals surface area (Å²) in [6.07, 6.45) is 6.86. The molecule has 7 heteroatoms. The Kier molecular flexibility index (Phi) is 3.66. The molecule has 0 unspecified atom stereocenters. The molecule has 0 N–H and O–H groups in total. The lowest BCUT2D eigenvalue weighted by Crippen LogP contribution is -2.40. The van der Waals surface area contributed by atoms with E-state index >= 15 is 0 Å². The topological polar surface area (TPSA) is 62.9 Å². The van der Waals surface area contributed by atoms with E-state index in [1.807, 2.05) is 0 Å². The number of nitrogens with zero attached hydrogens (tertiary/aromatic N) is 2. The predicted octanol–water partition coefficient (Wildman–Crippen LogP) is 4.64. The van der Waals surface area contributed by atoms with Gasteiger partial charge in [-0.1, -0.05) is 35.4 Å². The zero-order valence-electron chi connectivity index (χ0n) is 15.2. The summed E-state index contributed by atoms with van der Waals surface area (Å²) >= 11 is 12.0. The van der Waals surface area contributed by atoms with Crippen molar-refractivity contribution in [1.82, 2.24) is 5.01 Å². The normalized spacial score (nSPS) is 34.2. The van der Waals surface area contributed by atoms with E-state index in [9.17, 15) is 9.59 Å². The maximum absolute atomic E-state index is 12.9. The van der Waals surface area contributed by atoms with E-state index in [0.29, 0.717) is 33.4 Å². The first kappa shape index (κ1) is 17.5. The molecule has 1 aromatic carbocycles. The molecule has 1 saturated heterocycles. The van der Waals surface area contributed by atoms with Gasteiger partial charge in [0.1, 0.15) is 11.5 Å². The van der Waals surface area contributed by atoms with Crippen LogP contribution in [0.15, 0.2) is 52.0 Å². The van der Waals surface area contributed by atoms with E-state index in [1.54, 1.807) is 30.3 Å². The van der Waals surface area contributed by atoms with Gasteiger partial charge >= 0.3 is 0 Å². The number of carbonyl (C=O) groups is 2. The van der Waals surface area contributed by atoms with E-state index < -0.39 is 0 Å². The Morgan fingerprint density at radius 1 is 0.966 bits per heavy atom. The first-order chi connectivity index (χ1) is 14.0. The van der Waals surface area contributed by atoms with Crippen LogP contribution in [0.5, 0.6) is 0 Å². The van der Waals surface area contributed by atoms with Gasteiger partial charge in [0.25, 0.3) is 11.8 Å². The number of carbonyl (C=O) groups excluding carboxylic acids is 2. The highest BCUT2D eigenvalue weighted by Gasteiger charge is 2.67. The molecule has 2 saturated carbocycles. The molecule has 5 nitrogen and oxygen atoms in total. The van der Waals surface area contributed by atoms with Gasteiger partial charge in [0.2, 0.25) is 0 Å². The van der Waals surface area contributed by atoms with Crippen molar-refractivity contribution in [2.75, 3.05) is 0 Å². The average Bonchev–Trinajstić information content (AvgIpc) is 3.36. The zero-order valence-corrected chi connectivity index (χ0v) is 16.7. The van der Waals surface area contributed by atoms with Gasteiger partial charge in [-0.15, -0.1) is 0 Å². The molecule has 2 amide bonds. The van der Waals surface area contributed by atoms with Crippen LogP contribution in [0, 0.1) is 35.5 Å². The van der Waals surface area contributed by atoms with E-state index in [-0.39, 0.29) is 35.5 Å². The van der Waals surface area contributed by atoms with E-state index in [2.05, 4.69) is 17.3 Å². The van der Waals surface area contributed by atoms with Crippen molar-refractivity contribution in [3.05, 3.63) is 58.3 Å².